The van der Waals surface area contributed by atoms with E-state index >= 15 is 0 Å². The fourth-order valence-corrected chi connectivity index (χ4v) is 3.15. The normalized spacial score (nSPS) is 12.0. The summed E-state index contributed by atoms with van der Waals surface area (Å²) in [6.45, 7) is 10.8. The zero-order valence-corrected chi connectivity index (χ0v) is 14.6. The van der Waals surface area contributed by atoms with Crippen LogP contribution >= 0.6 is 11.8 Å². The fourth-order valence-electron chi connectivity index (χ4n) is 2.21. The van der Waals surface area contributed by atoms with Crippen molar-refractivity contribution < 1.29 is 4.79 Å². The number of nitrogens with one attached hydrogen (secondary N) is 1. The van der Waals surface area contributed by atoms with Gasteiger partial charge in [-0.2, -0.15) is 0 Å². The number of aromatic nitrogens is 3. The molecule has 0 aliphatic heterocycles. The summed E-state index contributed by atoms with van der Waals surface area (Å²) >= 11 is 1.42. The van der Waals surface area contributed by atoms with Gasteiger partial charge in [0.2, 0.25) is 5.91 Å². The topological polar surface area (TPSA) is 59.8 Å². The van der Waals surface area contributed by atoms with Crippen LogP contribution in [0.2, 0.25) is 0 Å². The lowest BCUT2D eigenvalue weighted by molar-refractivity contribution is -0.120. The van der Waals surface area contributed by atoms with Gasteiger partial charge in [-0.25, -0.2) is 0 Å². The predicted molar refractivity (Wildman–Crippen MR) is 94.4 cm³/mol. The first kappa shape index (κ1) is 17.3. The Balaban J connectivity index is 2.23. The van der Waals surface area contributed by atoms with Crippen LogP contribution in [0.5, 0.6) is 0 Å². The second-order valence-corrected chi connectivity index (χ2v) is 6.47. The molecule has 2 rings (SSSR count). The van der Waals surface area contributed by atoms with Gasteiger partial charge >= 0.3 is 0 Å². The average molecular weight is 330 g/mol. The van der Waals surface area contributed by atoms with E-state index in [2.05, 4.69) is 42.0 Å². The molecule has 0 saturated heterocycles. The highest BCUT2D eigenvalue weighted by Crippen LogP contribution is 2.28. The van der Waals surface area contributed by atoms with Gasteiger partial charge in [-0.15, -0.1) is 16.8 Å². The van der Waals surface area contributed by atoms with Crippen molar-refractivity contribution in [1.82, 2.24) is 20.1 Å². The molecule has 1 atom stereocenters. The molecule has 0 fully saturated rings. The Morgan fingerprint density at radius 3 is 2.83 bits per heavy atom. The van der Waals surface area contributed by atoms with E-state index in [-0.39, 0.29) is 11.2 Å². The molecule has 0 aliphatic carbocycles. The van der Waals surface area contributed by atoms with E-state index in [4.69, 9.17) is 0 Å². The van der Waals surface area contributed by atoms with Crippen molar-refractivity contribution in [3.8, 4) is 11.4 Å². The van der Waals surface area contributed by atoms with Gasteiger partial charge in [0.25, 0.3) is 0 Å². The maximum absolute atomic E-state index is 12.0. The first-order valence-electron chi connectivity index (χ1n) is 7.63. The number of rotatable bonds is 7. The summed E-state index contributed by atoms with van der Waals surface area (Å²) in [7, 11) is 0. The van der Waals surface area contributed by atoms with E-state index in [0.29, 0.717) is 6.54 Å². The third kappa shape index (κ3) is 4.01. The summed E-state index contributed by atoms with van der Waals surface area (Å²) in [6, 6.07) is 8.10. The smallest absolute Gasteiger partial charge is 0.233 e. The number of benzene rings is 1. The number of amides is 1. The lowest BCUT2D eigenvalue weighted by Gasteiger charge is -2.12. The molecule has 5 nitrogen and oxygen atoms in total. The Kier molecular flexibility index (Phi) is 5.98. The van der Waals surface area contributed by atoms with Crippen LogP contribution in [-0.2, 0) is 11.3 Å². The molecule has 0 aliphatic rings. The number of carbonyl (C=O) groups is 1. The van der Waals surface area contributed by atoms with E-state index in [1.165, 1.54) is 11.8 Å². The van der Waals surface area contributed by atoms with Crippen molar-refractivity contribution in [1.29, 1.82) is 0 Å². The molecule has 1 aromatic heterocycles. The van der Waals surface area contributed by atoms with Crippen molar-refractivity contribution in [3.05, 3.63) is 42.5 Å². The highest BCUT2D eigenvalue weighted by Gasteiger charge is 2.20. The second-order valence-electron chi connectivity index (χ2n) is 5.16. The predicted octanol–water partition coefficient (Wildman–Crippen LogP) is 3.06. The molecule has 23 heavy (non-hydrogen) atoms. The molecule has 1 heterocycles. The Bertz CT molecular complexity index is 696. The fraction of sp³-hybridized carbons (Fsp3) is 0.353. The molecular weight excluding hydrogens is 308 g/mol. The summed E-state index contributed by atoms with van der Waals surface area (Å²) in [6.07, 6.45) is 1.67. The van der Waals surface area contributed by atoms with Crippen LogP contribution < -0.4 is 5.32 Å². The first-order chi connectivity index (χ1) is 11.1. The monoisotopic (exact) mass is 330 g/mol. The molecule has 0 bridgehead atoms. The Morgan fingerprint density at radius 2 is 2.17 bits per heavy atom. The van der Waals surface area contributed by atoms with E-state index in [1.807, 2.05) is 29.7 Å². The number of hydrogen-bond acceptors (Lipinski definition) is 4. The van der Waals surface area contributed by atoms with Crippen LogP contribution in [0.4, 0.5) is 0 Å². The summed E-state index contributed by atoms with van der Waals surface area (Å²) in [5, 5.41) is 11.9. The van der Waals surface area contributed by atoms with Crippen LogP contribution in [0.15, 0.2) is 42.1 Å². The molecule has 0 saturated carbocycles. The third-order valence-electron chi connectivity index (χ3n) is 3.49. The number of aryl methyl sites for hydroxylation is 1. The van der Waals surface area contributed by atoms with Gasteiger partial charge in [0.05, 0.1) is 5.25 Å². The highest BCUT2D eigenvalue weighted by atomic mass is 32.2. The first-order valence-corrected chi connectivity index (χ1v) is 8.50. The van der Waals surface area contributed by atoms with E-state index in [9.17, 15) is 4.79 Å². The van der Waals surface area contributed by atoms with Crippen LogP contribution in [0.3, 0.4) is 0 Å². The van der Waals surface area contributed by atoms with Gasteiger partial charge in [-0.05, 0) is 26.3 Å². The minimum atomic E-state index is -0.242. The van der Waals surface area contributed by atoms with E-state index in [0.717, 1.165) is 28.7 Å². The van der Waals surface area contributed by atoms with Gasteiger partial charge in [-0.3, -0.25) is 4.79 Å². The van der Waals surface area contributed by atoms with Crippen molar-refractivity contribution in [3.63, 3.8) is 0 Å². The number of carbonyl (C=O) groups excluding carboxylic acids is 1. The summed E-state index contributed by atoms with van der Waals surface area (Å²) in [5.41, 5.74) is 2.22. The number of thioether (sulfide) groups is 1. The van der Waals surface area contributed by atoms with E-state index in [1.54, 1.807) is 6.08 Å². The maximum atomic E-state index is 12.0. The van der Waals surface area contributed by atoms with Crippen molar-refractivity contribution in [2.45, 2.75) is 37.7 Å². The van der Waals surface area contributed by atoms with Gasteiger partial charge in [0, 0.05) is 18.7 Å². The number of nitrogens with zero attached hydrogens (tertiary/aromatic N) is 3. The maximum Gasteiger partial charge on any atom is 0.233 e. The average Bonchev–Trinajstić information content (AvgIpc) is 2.95. The zero-order chi connectivity index (χ0) is 16.8. The van der Waals surface area contributed by atoms with Crippen LogP contribution in [0.25, 0.3) is 11.4 Å². The molecular formula is C17H22N4OS. The zero-order valence-electron chi connectivity index (χ0n) is 13.7. The Labute approximate surface area is 141 Å². The molecule has 1 N–H and O–H groups in total. The Morgan fingerprint density at radius 1 is 1.43 bits per heavy atom. The van der Waals surface area contributed by atoms with Crippen molar-refractivity contribution >= 4 is 17.7 Å². The largest absolute Gasteiger partial charge is 0.352 e. The molecule has 1 aromatic carbocycles. The molecule has 1 unspecified atom stereocenters. The molecule has 0 radical (unpaired) electrons. The summed E-state index contributed by atoms with van der Waals surface area (Å²) in [4.78, 5) is 12.0. The summed E-state index contributed by atoms with van der Waals surface area (Å²) < 4.78 is 2.05. The SMILES string of the molecule is C=CCNC(=O)C(C)Sc1nnc(-c2ccccc2C)n1CC. The molecule has 1 amide bonds. The van der Waals surface area contributed by atoms with Crippen LogP contribution in [0, 0.1) is 6.92 Å². The van der Waals surface area contributed by atoms with Gasteiger partial charge in [0.1, 0.15) is 0 Å². The van der Waals surface area contributed by atoms with Crippen molar-refractivity contribution in [2.75, 3.05) is 6.54 Å². The Hall–Kier alpha value is -2.08. The minimum absolute atomic E-state index is 0.0296. The third-order valence-corrected chi connectivity index (χ3v) is 4.57. The standard InChI is InChI=1S/C17H22N4OS/c1-5-11-18-16(22)13(4)23-17-20-19-15(21(17)6-2)14-10-8-7-9-12(14)3/h5,7-10,13H,1,6,11H2,2-4H3,(H,18,22). The second kappa shape index (κ2) is 7.97. The van der Waals surface area contributed by atoms with Crippen LogP contribution in [0.1, 0.15) is 19.4 Å². The molecule has 122 valence electrons. The lowest BCUT2D eigenvalue weighted by atomic mass is 10.1. The summed E-state index contributed by atoms with van der Waals surface area (Å²) in [5.74, 6) is 0.810. The lowest BCUT2D eigenvalue weighted by Crippen LogP contribution is -2.31. The highest BCUT2D eigenvalue weighted by molar-refractivity contribution is 8.00. The van der Waals surface area contributed by atoms with Crippen molar-refractivity contribution in [2.24, 2.45) is 0 Å². The van der Waals surface area contributed by atoms with Crippen LogP contribution in [-0.4, -0.2) is 32.5 Å². The van der Waals surface area contributed by atoms with Gasteiger partial charge < -0.3 is 9.88 Å². The quantitative estimate of drug-likeness (QED) is 0.626. The molecule has 2 aromatic rings. The van der Waals surface area contributed by atoms with Gasteiger partial charge in [-0.1, -0.05) is 42.1 Å². The van der Waals surface area contributed by atoms with E-state index < -0.39 is 0 Å². The number of hydrogen-bond donors (Lipinski definition) is 1. The molecule has 0 spiro atoms. The minimum Gasteiger partial charge on any atom is -0.352 e. The molecule has 6 heteroatoms. The van der Waals surface area contributed by atoms with Gasteiger partial charge in [0.15, 0.2) is 11.0 Å².